The summed E-state index contributed by atoms with van der Waals surface area (Å²) in [5.74, 6) is -1.28. The first-order valence-corrected chi connectivity index (χ1v) is 6.41. The number of hydrogen-bond acceptors (Lipinski definition) is 3. The van der Waals surface area contributed by atoms with Crippen molar-refractivity contribution in [2.45, 2.75) is 40.5 Å². The van der Waals surface area contributed by atoms with Crippen molar-refractivity contribution in [2.75, 3.05) is 19.7 Å². The van der Waals surface area contributed by atoms with Gasteiger partial charge in [-0.05, 0) is 19.3 Å². The third kappa shape index (κ3) is 4.29. The molecule has 0 spiro atoms. The van der Waals surface area contributed by atoms with Crippen LogP contribution in [0.2, 0.25) is 0 Å². The molecular weight excluding hydrogens is 234 g/mol. The Morgan fingerprint density at radius 1 is 1.28 bits per heavy atom. The largest absolute Gasteiger partial charge is 0.481 e. The molecule has 2 N–H and O–H groups in total. The van der Waals surface area contributed by atoms with Crippen LogP contribution in [0.1, 0.15) is 40.5 Å². The molecule has 0 saturated heterocycles. The molecule has 0 heterocycles. The summed E-state index contributed by atoms with van der Waals surface area (Å²) >= 11 is 0. The Hall–Kier alpha value is -1.10. The van der Waals surface area contributed by atoms with Crippen LogP contribution in [0.5, 0.6) is 0 Å². The molecule has 1 unspecified atom stereocenters. The SMILES string of the molecule is CCCN(CCO)C(=O)CC(C)(C(=O)O)C(C)C. The third-order valence-corrected chi connectivity index (χ3v) is 3.50. The van der Waals surface area contributed by atoms with Crippen molar-refractivity contribution in [1.82, 2.24) is 4.90 Å². The quantitative estimate of drug-likeness (QED) is 0.690. The lowest BCUT2D eigenvalue weighted by atomic mass is 9.76. The molecule has 0 aliphatic heterocycles. The van der Waals surface area contributed by atoms with E-state index in [4.69, 9.17) is 5.11 Å². The zero-order valence-corrected chi connectivity index (χ0v) is 11.8. The maximum atomic E-state index is 12.1. The molecule has 5 heteroatoms. The van der Waals surface area contributed by atoms with Crippen molar-refractivity contribution >= 4 is 11.9 Å². The second kappa shape index (κ2) is 7.36. The number of carboxylic acid groups (broad SMARTS) is 1. The van der Waals surface area contributed by atoms with Crippen LogP contribution in [-0.2, 0) is 9.59 Å². The Morgan fingerprint density at radius 2 is 1.83 bits per heavy atom. The van der Waals surface area contributed by atoms with E-state index >= 15 is 0 Å². The summed E-state index contributed by atoms with van der Waals surface area (Å²) in [6.45, 7) is 7.86. The molecule has 0 aromatic carbocycles. The number of carboxylic acids is 1. The highest BCUT2D eigenvalue weighted by atomic mass is 16.4. The number of aliphatic hydroxyl groups excluding tert-OH is 1. The van der Waals surface area contributed by atoms with Crippen LogP contribution in [0.3, 0.4) is 0 Å². The summed E-state index contributed by atoms with van der Waals surface area (Å²) in [6.07, 6.45) is 0.761. The van der Waals surface area contributed by atoms with Gasteiger partial charge in [0.2, 0.25) is 5.91 Å². The summed E-state index contributed by atoms with van der Waals surface area (Å²) in [5, 5.41) is 18.2. The highest BCUT2D eigenvalue weighted by Crippen LogP contribution is 2.32. The molecule has 1 atom stereocenters. The van der Waals surface area contributed by atoms with E-state index in [9.17, 15) is 14.7 Å². The molecule has 5 nitrogen and oxygen atoms in total. The van der Waals surface area contributed by atoms with E-state index < -0.39 is 11.4 Å². The minimum atomic E-state index is -1.06. The van der Waals surface area contributed by atoms with E-state index in [1.54, 1.807) is 20.8 Å². The zero-order valence-electron chi connectivity index (χ0n) is 11.8. The molecular formula is C13H25NO4. The fourth-order valence-electron chi connectivity index (χ4n) is 1.70. The number of carbonyl (C=O) groups is 2. The van der Waals surface area contributed by atoms with Crippen LogP contribution >= 0.6 is 0 Å². The van der Waals surface area contributed by atoms with Crippen molar-refractivity contribution in [3.63, 3.8) is 0 Å². The fourth-order valence-corrected chi connectivity index (χ4v) is 1.70. The maximum absolute atomic E-state index is 12.1. The van der Waals surface area contributed by atoms with Crippen LogP contribution in [0.4, 0.5) is 0 Å². The van der Waals surface area contributed by atoms with E-state index in [1.165, 1.54) is 4.90 Å². The Kier molecular flexibility index (Phi) is 6.91. The zero-order chi connectivity index (χ0) is 14.3. The topological polar surface area (TPSA) is 77.8 Å². The Balaban J connectivity index is 4.82. The lowest BCUT2D eigenvalue weighted by molar-refractivity contribution is -0.155. The lowest BCUT2D eigenvalue weighted by Crippen LogP contribution is -2.42. The van der Waals surface area contributed by atoms with Gasteiger partial charge in [0.1, 0.15) is 0 Å². The molecule has 0 aromatic heterocycles. The monoisotopic (exact) mass is 259 g/mol. The molecule has 106 valence electrons. The number of amides is 1. The summed E-state index contributed by atoms with van der Waals surface area (Å²) in [4.78, 5) is 24.9. The Labute approximate surface area is 109 Å². The van der Waals surface area contributed by atoms with Gasteiger partial charge in [0.05, 0.1) is 12.0 Å². The summed E-state index contributed by atoms with van der Waals surface area (Å²) in [6, 6.07) is 0. The molecule has 0 saturated carbocycles. The van der Waals surface area contributed by atoms with Crippen molar-refractivity contribution in [3.8, 4) is 0 Å². The van der Waals surface area contributed by atoms with Gasteiger partial charge < -0.3 is 15.1 Å². The highest BCUT2D eigenvalue weighted by Gasteiger charge is 2.39. The van der Waals surface area contributed by atoms with Crippen LogP contribution in [0.15, 0.2) is 0 Å². The van der Waals surface area contributed by atoms with E-state index in [2.05, 4.69) is 0 Å². The molecule has 0 bridgehead atoms. The third-order valence-electron chi connectivity index (χ3n) is 3.50. The highest BCUT2D eigenvalue weighted by molar-refractivity contribution is 5.85. The van der Waals surface area contributed by atoms with Crippen LogP contribution in [0.25, 0.3) is 0 Å². The van der Waals surface area contributed by atoms with Crippen molar-refractivity contribution in [2.24, 2.45) is 11.3 Å². The minimum absolute atomic E-state index is 0.0278. The molecule has 0 aliphatic carbocycles. The van der Waals surface area contributed by atoms with E-state index in [1.807, 2.05) is 6.92 Å². The lowest BCUT2D eigenvalue weighted by Gasteiger charge is -2.31. The average Bonchev–Trinajstić information content (AvgIpc) is 2.27. The van der Waals surface area contributed by atoms with Crippen molar-refractivity contribution < 1.29 is 19.8 Å². The molecule has 0 aliphatic rings. The molecule has 1 amide bonds. The van der Waals surface area contributed by atoms with E-state index in [0.29, 0.717) is 6.54 Å². The summed E-state index contributed by atoms with van der Waals surface area (Å²) < 4.78 is 0. The first kappa shape index (κ1) is 16.9. The molecule has 0 radical (unpaired) electrons. The second-order valence-corrected chi connectivity index (χ2v) is 5.16. The van der Waals surface area contributed by atoms with Crippen LogP contribution in [0, 0.1) is 11.3 Å². The van der Waals surface area contributed by atoms with E-state index in [0.717, 1.165) is 6.42 Å². The van der Waals surface area contributed by atoms with Crippen molar-refractivity contribution in [3.05, 3.63) is 0 Å². The molecule has 0 aromatic rings. The number of rotatable bonds is 8. The van der Waals surface area contributed by atoms with Gasteiger partial charge in [0.15, 0.2) is 0 Å². The molecule has 18 heavy (non-hydrogen) atoms. The van der Waals surface area contributed by atoms with E-state index in [-0.39, 0.29) is 31.4 Å². The number of carbonyl (C=O) groups excluding carboxylic acids is 1. The summed E-state index contributed by atoms with van der Waals surface area (Å²) in [7, 11) is 0. The predicted molar refractivity (Wildman–Crippen MR) is 69.2 cm³/mol. The number of hydrogen-bond donors (Lipinski definition) is 2. The smallest absolute Gasteiger partial charge is 0.310 e. The first-order valence-electron chi connectivity index (χ1n) is 6.41. The van der Waals surface area contributed by atoms with Gasteiger partial charge in [-0.15, -0.1) is 0 Å². The molecule has 0 rings (SSSR count). The van der Waals surface area contributed by atoms with Crippen LogP contribution in [-0.4, -0.2) is 46.7 Å². The molecule has 0 fully saturated rings. The van der Waals surface area contributed by atoms with Gasteiger partial charge >= 0.3 is 5.97 Å². The fraction of sp³-hybridized carbons (Fsp3) is 0.846. The van der Waals surface area contributed by atoms with Gasteiger partial charge in [0.25, 0.3) is 0 Å². The summed E-state index contributed by atoms with van der Waals surface area (Å²) in [5.41, 5.74) is -1.06. The number of aliphatic hydroxyl groups is 1. The first-order chi connectivity index (χ1) is 8.29. The van der Waals surface area contributed by atoms with Gasteiger partial charge in [-0.3, -0.25) is 9.59 Å². The van der Waals surface area contributed by atoms with Crippen LogP contribution < -0.4 is 0 Å². The Bertz CT molecular complexity index is 285. The van der Waals surface area contributed by atoms with Gasteiger partial charge in [0, 0.05) is 19.5 Å². The maximum Gasteiger partial charge on any atom is 0.310 e. The number of aliphatic carboxylic acids is 1. The van der Waals surface area contributed by atoms with Gasteiger partial charge in [-0.25, -0.2) is 0 Å². The minimum Gasteiger partial charge on any atom is -0.481 e. The predicted octanol–water partition coefficient (Wildman–Crippen LogP) is 1.35. The standard InChI is InChI=1S/C13H25NO4/c1-5-6-14(7-8-15)11(16)9-13(4,10(2)3)12(17)18/h10,15H,5-9H2,1-4H3,(H,17,18). The average molecular weight is 259 g/mol. The number of nitrogens with zero attached hydrogens (tertiary/aromatic N) is 1. The second-order valence-electron chi connectivity index (χ2n) is 5.16. The van der Waals surface area contributed by atoms with Crippen molar-refractivity contribution in [1.29, 1.82) is 0 Å². The van der Waals surface area contributed by atoms with Gasteiger partial charge in [-0.1, -0.05) is 20.8 Å². The van der Waals surface area contributed by atoms with Gasteiger partial charge in [-0.2, -0.15) is 0 Å². The normalized spacial score (nSPS) is 14.3. The Morgan fingerprint density at radius 3 is 2.17 bits per heavy atom.